The molecule has 0 spiro atoms. The molecule has 0 amide bonds. The van der Waals surface area contributed by atoms with Gasteiger partial charge in [0.15, 0.2) is 10.1 Å². The van der Waals surface area contributed by atoms with Crippen LogP contribution in [0.5, 0.6) is 0 Å². The number of hydrogen-bond acceptors (Lipinski definition) is 4. The van der Waals surface area contributed by atoms with E-state index in [1.165, 1.54) is 12.1 Å². The van der Waals surface area contributed by atoms with Crippen molar-refractivity contribution in [3.63, 3.8) is 0 Å². The summed E-state index contributed by atoms with van der Waals surface area (Å²) < 4.78 is 36.1. The van der Waals surface area contributed by atoms with Crippen LogP contribution in [0.25, 0.3) is 0 Å². The smallest absolute Gasteiger partial charge is 0.205 e. The average molecular weight is 189 g/mol. The molecule has 0 aliphatic carbocycles. The second-order valence-electron chi connectivity index (χ2n) is 2.77. The van der Waals surface area contributed by atoms with E-state index in [0.717, 1.165) is 0 Å². The zero-order valence-electron chi connectivity index (χ0n) is 6.77. The van der Waals surface area contributed by atoms with Crippen LogP contribution in [-0.4, -0.2) is 13.0 Å². The van der Waals surface area contributed by atoms with Gasteiger partial charge < -0.3 is 8.97 Å². The molecule has 5 heteroatoms. The van der Waals surface area contributed by atoms with E-state index in [-0.39, 0.29) is 5.92 Å². The lowest BCUT2D eigenvalue weighted by atomic mass is 10.2. The van der Waals surface area contributed by atoms with Gasteiger partial charge in [0.2, 0.25) is 5.09 Å². The Hall–Kier alpha value is -0.810. The molecule has 0 unspecified atom stereocenters. The first-order chi connectivity index (χ1) is 5.41. The molecule has 4 nitrogen and oxygen atoms in total. The molecule has 0 saturated heterocycles. The maximum absolute atomic E-state index is 10.4. The lowest BCUT2D eigenvalue weighted by molar-refractivity contribution is 0.370. The highest BCUT2D eigenvalue weighted by atomic mass is 32.2. The van der Waals surface area contributed by atoms with E-state index < -0.39 is 15.2 Å². The lowest BCUT2D eigenvalue weighted by Crippen LogP contribution is -1.95. The van der Waals surface area contributed by atoms with Crippen LogP contribution in [0.3, 0.4) is 0 Å². The van der Waals surface area contributed by atoms with E-state index in [2.05, 4.69) is 0 Å². The summed E-state index contributed by atoms with van der Waals surface area (Å²) in [4.78, 5) is 0. The molecule has 0 radical (unpaired) electrons. The van der Waals surface area contributed by atoms with Gasteiger partial charge in [0.1, 0.15) is 5.76 Å². The van der Waals surface area contributed by atoms with E-state index in [9.17, 15) is 13.0 Å². The van der Waals surface area contributed by atoms with Gasteiger partial charge in [0.25, 0.3) is 0 Å². The van der Waals surface area contributed by atoms with Crippen LogP contribution in [0.15, 0.2) is 21.6 Å². The van der Waals surface area contributed by atoms with E-state index >= 15 is 0 Å². The van der Waals surface area contributed by atoms with Gasteiger partial charge in [0, 0.05) is 5.92 Å². The molecule has 1 rings (SSSR count). The van der Waals surface area contributed by atoms with Gasteiger partial charge in [-0.25, -0.2) is 8.42 Å². The Morgan fingerprint density at radius 1 is 1.42 bits per heavy atom. The Kier molecular flexibility index (Phi) is 2.25. The average Bonchev–Trinajstić information content (AvgIpc) is 2.30. The third-order valence-electron chi connectivity index (χ3n) is 1.42. The molecule has 1 aromatic rings. The van der Waals surface area contributed by atoms with Crippen molar-refractivity contribution in [1.82, 2.24) is 0 Å². The lowest BCUT2D eigenvalue weighted by Gasteiger charge is -2.02. The summed E-state index contributed by atoms with van der Waals surface area (Å²) in [5.41, 5.74) is 0. The van der Waals surface area contributed by atoms with Gasteiger partial charge in [-0.2, -0.15) is 0 Å². The summed E-state index contributed by atoms with van der Waals surface area (Å²) in [6.07, 6.45) is 0. The standard InChI is InChI=1S/C7H10O4S/c1-5(2)6-3-4-7(11-6)12(8,9)10/h3-5H,1-2H3,(H,8,9,10)/p-1. The van der Waals surface area contributed by atoms with Crippen molar-refractivity contribution in [3.8, 4) is 0 Å². The van der Waals surface area contributed by atoms with Gasteiger partial charge >= 0.3 is 0 Å². The van der Waals surface area contributed by atoms with Gasteiger partial charge in [-0.3, -0.25) is 0 Å². The predicted molar refractivity (Wildman–Crippen MR) is 40.8 cm³/mol. The zero-order valence-corrected chi connectivity index (χ0v) is 7.59. The number of furan rings is 1. The summed E-state index contributed by atoms with van der Waals surface area (Å²) in [5, 5.41) is -0.508. The van der Waals surface area contributed by atoms with E-state index in [4.69, 9.17) is 4.42 Å². The molecule has 0 saturated carbocycles. The molecule has 68 valence electrons. The molecule has 0 aliphatic rings. The second kappa shape index (κ2) is 2.91. The van der Waals surface area contributed by atoms with Crippen LogP contribution in [0.4, 0.5) is 0 Å². The van der Waals surface area contributed by atoms with Gasteiger partial charge in [-0.05, 0) is 12.1 Å². The highest BCUT2D eigenvalue weighted by molar-refractivity contribution is 7.85. The van der Waals surface area contributed by atoms with Crippen LogP contribution in [0.2, 0.25) is 0 Å². The third-order valence-corrected chi connectivity index (χ3v) is 2.13. The van der Waals surface area contributed by atoms with Crippen molar-refractivity contribution in [1.29, 1.82) is 0 Å². The Morgan fingerprint density at radius 2 is 2.00 bits per heavy atom. The van der Waals surface area contributed by atoms with Crippen LogP contribution in [-0.2, 0) is 10.1 Å². The molecule has 12 heavy (non-hydrogen) atoms. The van der Waals surface area contributed by atoms with Crippen LogP contribution < -0.4 is 0 Å². The third kappa shape index (κ3) is 1.86. The fraction of sp³-hybridized carbons (Fsp3) is 0.429. The molecule has 1 aromatic heterocycles. The molecule has 0 aliphatic heterocycles. The van der Waals surface area contributed by atoms with E-state index in [1.807, 2.05) is 13.8 Å². The van der Waals surface area contributed by atoms with Gasteiger partial charge in [-0.1, -0.05) is 13.8 Å². The molecular formula is C7H9O4S-. The van der Waals surface area contributed by atoms with Gasteiger partial charge in [0.05, 0.1) is 0 Å². The largest absolute Gasteiger partial charge is 0.742 e. The molecule has 0 N–H and O–H groups in total. The molecule has 1 heterocycles. The SMILES string of the molecule is CC(C)c1ccc(S(=O)(=O)[O-])o1. The molecule has 0 fully saturated rings. The minimum atomic E-state index is -4.43. The maximum atomic E-state index is 10.4. The normalized spacial score (nSPS) is 12.3. The Bertz CT molecular complexity index is 361. The molecule has 0 bridgehead atoms. The quantitative estimate of drug-likeness (QED) is 0.657. The van der Waals surface area contributed by atoms with Gasteiger partial charge in [-0.15, -0.1) is 0 Å². The van der Waals surface area contributed by atoms with Crippen molar-refractivity contribution in [2.75, 3.05) is 0 Å². The maximum Gasteiger partial charge on any atom is 0.205 e. The summed E-state index contributed by atoms with van der Waals surface area (Å²) in [5.74, 6) is 0.588. The van der Waals surface area contributed by atoms with Crippen molar-refractivity contribution in [3.05, 3.63) is 17.9 Å². The zero-order chi connectivity index (χ0) is 9.35. The first-order valence-corrected chi connectivity index (χ1v) is 4.87. The summed E-state index contributed by atoms with van der Waals surface area (Å²) in [6.45, 7) is 3.69. The highest BCUT2D eigenvalue weighted by Crippen LogP contribution is 2.20. The Morgan fingerprint density at radius 3 is 2.25 bits per heavy atom. The minimum Gasteiger partial charge on any atom is -0.742 e. The van der Waals surface area contributed by atoms with E-state index in [0.29, 0.717) is 5.76 Å². The minimum absolute atomic E-state index is 0.0838. The number of hydrogen-bond donors (Lipinski definition) is 0. The molecular weight excluding hydrogens is 180 g/mol. The monoisotopic (exact) mass is 189 g/mol. The summed E-state index contributed by atoms with van der Waals surface area (Å²) in [6, 6.07) is 2.67. The topological polar surface area (TPSA) is 70.3 Å². The van der Waals surface area contributed by atoms with Crippen LogP contribution in [0.1, 0.15) is 25.5 Å². The van der Waals surface area contributed by atoms with E-state index in [1.54, 1.807) is 0 Å². The summed E-state index contributed by atoms with van der Waals surface area (Å²) in [7, 11) is -4.43. The fourth-order valence-corrected chi connectivity index (χ4v) is 1.21. The van der Waals surface area contributed by atoms with Crippen molar-refractivity contribution < 1.29 is 17.4 Å². The van der Waals surface area contributed by atoms with Crippen molar-refractivity contribution in [2.24, 2.45) is 0 Å². The summed E-state index contributed by atoms with van der Waals surface area (Å²) >= 11 is 0. The fourth-order valence-electron chi connectivity index (χ4n) is 0.779. The first kappa shape index (κ1) is 9.28. The second-order valence-corrected chi connectivity index (χ2v) is 4.08. The van der Waals surface area contributed by atoms with Crippen molar-refractivity contribution >= 4 is 10.1 Å². The number of rotatable bonds is 2. The van der Waals surface area contributed by atoms with Crippen LogP contribution in [0, 0.1) is 0 Å². The Balaban J connectivity index is 3.09. The molecule has 0 atom stereocenters. The highest BCUT2D eigenvalue weighted by Gasteiger charge is 2.09. The first-order valence-electron chi connectivity index (χ1n) is 3.47. The predicted octanol–water partition coefficient (Wildman–Crippen LogP) is 1.31. The van der Waals surface area contributed by atoms with Crippen LogP contribution >= 0.6 is 0 Å². The van der Waals surface area contributed by atoms with Crippen molar-refractivity contribution in [2.45, 2.75) is 24.9 Å². The molecule has 0 aromatic carbocycles. The Labute approximate surface area is 70.9 Å².